The summed E-state index contributed by atoms with van der Waals surface area (Å²) < 4.78 is 5.68. The summed E-state index contributed by atoms with van der Waals surface area (Å²) in [6, 6.07) is 14.6. The van der Waals surface area contributed by atoms with Crippen molar-refractivity contribution in [1.82, 2.24) is 35.5 Å². The maximum Gasteiger partial charge on any atom is 0.408 e. The van der Waals surface area contributed by atoms with Gasteiger partial charge in [0.2, 0.25) is 17.7 Å². The van der Waals surface area contributed by atoms with Crippen LogP contribution in [0.2, 0.25) is 0 Å². The van der Waals surface area contributed by atoms with Crippen LogP contribution in [-0.4, -0.2) is 66.2 Å². The highest BCUT2D eigenvalue weighted by Crippen LogP contribution is 2.14. The molecule has 0 aliphatic carbocycles. The molecular weight excluding hydrogens is 538 g/mol. The molecule has 0 spiro atoms. The number of nitrogens with zero attached hydrogens (tertiary/aromatic N) is 2. The van der Waals surface area contributed by atoms with Crippen molar-refractivity contribution in [3.63, 3.8) is 0 Å². The van der Waals surface area contributed by atoms with Crippen LogP contribution in [0.3, 0.4) is 0 Å². The number of alkyl carbamates (subject to hydrolysis) is 1. The molecule has 2 aromatic carbocycles. The van der Waals surface area contributed by atoms with Crippen molar-refractivity contribution < 1.29 is 34.1 Å². The van der Waals surface area contributed by atoms with Gasteiger partial charge in [-0.1, -0.05) is 42.5 Å². The largest absolute Gasteiger partial charge is 0.493 e. The number of aromatic amines is 2. The summed E-state index contributed by atoms with van der Waals surface area (Å²) >= 11 is 0. The molecule has 3 amide bonds. The Morgan fingerprint density at radius 3 is 2.44 bits per heavy atom. The molecule has 7 N–H and O–H groups in total. The second-order valence-corrected chi connectivity index (χ2v) is 8.87. The number of rotatable bonds is 12. The summed E-state index contributed by atoms with van der Waals surface area (Å²) in [5.74, 6) is -2.88. The average Bonchev–Trinajstić information content (AvgIpc) is 3.49. The number of aromatic hydroxyl groups is 1. The van der Waals surface area contributed by atoms with Gasteiger partial charge in [0.15, 0.2) is 0 Å². The van der Waals surface area contributed by atoms with Gasteiger partial charge < -0.3 is 40.9 Å². The van der Waals surface area contributed by atoms with Crippen LogP contribution in [-0.2, 0) is 45.2 Å². The van der Waals surface area contributed by atoms with Gasteiger partial charge in [-0.25, -0.2) is 19.4 Å². The number of nitrogens with one attached hydrogen (secondary N) is 5. The first kappa shape index (κ1) is 28.4. The first-order valence-corrected chi connectivity index (χ1v) is 12.4. The van der Waals surface area contributed by atoms with E-state index in [4.69, 9.17) is 4.74 Å². The van der Waals surface area contributed by atoms with Gasteiger partial charge in [-0.15, -0.1) is 0 Å². The van der Waals surface area contributed by atoms with Crippen LogP contribution in [0, 0.1) is 0 Å². The standard InChI is InChI=1S/C26H27N7O8/c34-21(28-12-20-29-16-8-4-5-9-17(16)30-20)10-18-23(36)33(25(39)31-18)13-22(35)27-11-19(24(37)38)32-26(40)41-14-15-6-2-1-3-7-15/h1-9,19,36H,10-14H2,(H,27,35)(H,28,34)(H,29,30)(H,31,39)(H,32,40)(H,37,38). The molecule has 4 aromatic rings. The van der Waals surface area contributed by atoms with E-state index < -0.39 is 54.6 Å². The Kier molecular flexibility index (Phi) is 8.99. The highest BCUT2D eigenvalue weighted by Gasteiger charge is 2.23. The number of ether oxygens (including phenoxy) is 1. The quantitative estimate of drug-likeness (QED) is 0.124. The molecular formula is C26H27N7O8. The zero-order valence-electron chi connectivity index (χ0n) is 21.5. The number of carbonyl (C=O) groups is 4. The highest BCUT2D eigenvalue weighted by atomic mass is 16.5. The fourth-order valence-corrected chi connectivity index (χ4v) is 3.80. The fourth-order valence-electron chi connectivity index (χ4n) is 3.80. The molecule has 0 bridgehead atoms. The molecule has 0 aliphatic rings. The molecule has 0 fully saturated rings. The third-order valence-corrected chi connectivity index (χ3v) is 5.87. The number of aromatic nitrogens is 4. The predicted molar refractivity (Wildman–Crippen MR) is 143 cm³/mol. The molecule has 41 heavy (non-hydrogen) atoms. The lowest BCUT2D eigenvalue weighted by molar-refractivity contribution is -0.139. The lowest BCUT2D eigenvalue weighted by atomic mass is 10.2. The molecule has 4 rings (SSSR count). The van der Waals surface area contributed by atoms with Gasteiger partial charge in [-0.3, -0.25) is 14.2 Å². The maximum absolute atomic E-state index is 12.4. The number of aliphatic carboxylic acids is 1. The number of benzene rings is 2. The van der Waals surface area contributed by atoms with E-state index in [0.717, 1.165) is 11.0 Å². The Balaban J connectivity index is 1.26. The summed E-state index contributed by atoms with van der Waals surface area (Å²) in [5, 5.41) is 26.8. The molecule has 2 aromatic heterocycles. The van der Waals surface area contributed by atoms with Crippen LogP contribution in [0.15, 0.2) is 59.4 Å². The molecule has 0 saturated heterocycles. The van der Waals surface area contributed by atoms with E-state index in [0.29, 0.717) is 16.0 Å². The number of H-pyrrole nitrogens is 2. The normalized spacial score (nSPS) is 11.5. The lowest BCUT2D eigenvalue weighted by Gasteiger charge is -2.15. The number of carboxylic acids is 1. The lowest BCUT2D eigenvalue weighted by Crippen LogP contribution is -2.49. The Bertz CT molecular complexity index is 1580. The number of fused-ring (bicyclic) bond motifs is 1. The molecule has 0 radical (unpaired) electrons. The number of carboxylic acid groups (broad SMARTS) is 1. The third-order valence-electron chi connectivity index (χ3n) is 5.87. The molecule has 0 saturated carbocycles. The smallest absolute Gasteiger partial charge is 0.408 e. The van der Waals surface area contributed by atoms with E-state index in [1.54, 1.807) is 30.3 Å². The molecule has 0 aliphatic heterocycles. The van der Waals surface area contributed by atoms with E-state index >= 15 is 0 Å². The minimum atomic E-state index is -1.52. The van der Waals surface area contributed by atoms with E-state index in [1.807, 2.05) is 24.3 Å². The third kappa shape index (κ3) is 7.72. The Hall–Kier alpha value is -5.60. The zero-order chi connectivity index (χ0) is 29.4. The minimum Gasteiger partial charge on any atom is -0.493 e. The van der Waals surface area contributed by atoms with Gasteiger partial charge in [0, 0.05) is 6.54 Å². The minimum absolute atomic E-state index is 0.0820. The number of para-hydroxylation sites is 2. The van der Waals surface area contributed by atoms with Crippen LogP contribution >= 0.6 is 0 Å². The zero-order valence-corrected chi connectivity index (χ0v) is 21.5. The van der Waals surface area contributed by atoms with E-state index in [1.165, 1.54) is 0 Å². The summed E-state index contributed by atoms with van der Waals surface area (Å²) in [5.41, 5.74) is 1.28. The van der Waals surface area contributed by atoms with Gasteiger partial charge in [0.1, 0.15) is 25.0 Å². The SMILES string of the molecule is O=C(Cc1[nH]c(=O)n(CC(=O)NCC(NC(=O)OCc2ccccc2)C(=O)O)c1O)NCc1nc2ccccc2[nH]1. The first-order valence-electron chi connectivity index (χ1n) is 12.4. The van der Waals surface area contributed by atoms with Crippen LogP contribution in [0.1, 0.15) is 17.1 Å². The van der Waals surface area contributed by atoms with Crippen molar-refractivity contribution in [2.45, 2.75) is 32.2 Å². The van der Waals surface area contributed by atoms with Gasteiger partial charge in [0.05, 0.1) is 29.7 Å². The highest BCUT2D eigenvalue weighted by molar-refractivity contribution is 5.82. The average molecular weight is 566 g/mol. The van der Waals surface area contributed by atoms with Crippen molar-refractivity contribution in [3.8, 4) is 5.88 Å². The molecule has 1 unspecified atom stereocenters. The monoisotopic (exact) mass is 565 g/mol. The maximum atomic E-state index is 12.4. The van der Waals surface area contributed by atoms with Crippen LogP contribution in [0.4, 0.5) is 4.79 Å². The summed E-state index contributed by atoms with van der Waals surface area (Å²) in [4.78, 5) is 70.3. The summed E-state index contributed by atoms with van der Waals surface area (Å²) in [7, 11) is 0. The Morgan fingerprint density at radius 2 is 1.71 bits per heavy atom. The van der Waals surface area contributed by atoms with E-state index in [9.17, 15) is 34.2 Å². The van der Waals surface area contributed by atoms with Crippen molar-refractivity contribution in [2.24, 2.45) is 0 Å². The van der Waals surface area contributed by atoms with Crippen LogP contribution in [0.5, 0.6) is 5.88 Å². The second-order valence-electron chi connectivity index (χ2n) is 8.87. The van der Waals surface area contributed by atoms with Gasteiger partial charge >= 0.3 is 17.8 Å². The van der Waals surface area contributed by atoms with Gasteiger partial charge in [-0.2, -0.15) is 0 Å². The number of amides is 3. The number of hydrogen-bond acceptors (Lipinski definition) is 8. The molecule has 214 valence electrons. The van der Waals surface area contributed by atoms with Gasteiger partial charge in [0.25, 0.3) is 0 Å². The first-order chi connectivity index (χ1) is 19.7. The fraction of sp³-hybridized carbons (Fsp3) is 0.231. The number of hydrogen-bond donors (Lipinski definition) is 7. The predicted octanol–water partition coefficient (Wildman–Crippen LogP) is 0.113. The molecule has 15 nitrogen and oxygen atoms in total. The summed E-state index contributed by atoms with van der Waals surface area (Å²) in [6.45, 7) is -1.19. The van der Waals surface area contributed by atoms with Gasteiger partial charge in [-0.05, 0) is 17.7 Å². The number of imidazole rings is 2. The van der Waals surface area contributed by atoms with Crippen molar-refractivity contribution in [3.05, 3.63) is 82.2 Å². The van der Waals surface area contributed by atoms with E-state index in [-0.39, 0.29) is 25.3 Å². The molecule has 1 atom stereocenters. The van der Waals surface area contributed by atoms with Crippen molar-refractivity contribution >= 4 is 34.9 Å². The number of carbonyl (C=O) groups excluding carboxylic acids is 3. The topological polar surface area (TPSA) is 221 Å². The summed E-state index contributed by atoms with van der Waals surface area (Å²) in [6.07, 6.45) is -1.38. The van der Waals surface area contributed by atoms with Crippen molar-refractivity contribution in [2.75, 3.05) is 6.54 Å². The Morgan fingerprint density at radius 1 is 0.976 bits per heavy atom. The van der Waals surface area contributed by atoms with Crippen molar-refractivity contribution in [1.29, 1.82) is 0 Å². The van der Waals surface area contributed by atoms with E-state index in [2.05, 4.69) is 30.9 Å². The van der Waals surface area contributed by atoms with Crippen LogP contribution < -0.4 is 21.6 Å². The molecule has 2 heterocycles. The van der Waals surface area contributed by atoms with Crippen LogP contribution in [0.25, 0.3) is 11.0 Å². The second kappa shape index (κ2) is 13.0. The molecule has 15 heteroatoms. The Labute approximate surface area is 231 Å².